The van der Waals surface area contributed by atoms with Gasteiger partial charge < -0.3 is 20.3 Å². The van der Waals surface area contributed by atoms with Crippen molar-refractivity contribution in [1.82, 2.24) is 15.5 Å². The first-order valence-electron chi connectivity index (χ1n) is 12.7. The van der Waals surface area contributed by atoms with E-state index in [0.717, 1.165) is 19.3 Å². The second-order valence-electron chi connectivity index (χ2n) is 9.64. The van der Waals surface area contributed by atoms with E-state index in [1.54, 1.807) is 49.6 Å². The first-order chi connectivity index (χ1) is 17.1. The minimum absolute atomic E-state index is 0.281. The highest BCUT2D eigenvalue weighted by Gasteiger charge is 2.36. The molecule has 0 spiro atoms. The summed E-state index contributed by atoms with van der Waals surface area (Å²) in [7, 11) is 0. The lowest BCUT2D eigenvalue weighted by atomic mass is 9.97. The lowest BCUT2D eigenvalue weighted by Crippen LogP contribution is -2.53. The van der Waals surface area contributed by atoms with Gasteiger partial charge >= 0.3 is 6.09 Å². The summed E-state index contributed by atoms with van der Waals surface area (Å²) < 4.78 is 5.41. The number of nitrogens with zero attached hydrogens (tertiary/aromatic N) is 1. The van der Waals surface area contributed by atoms with Gasteiger partial charge in [0.05, 0.1) is 0 Å². The second kappa shape index (κ2) is 16.2. The van der Waals surface area contributed by atoms with Crippen molar-refractivity contribution in [2.24, 2.45) is 0 Å². The van der Waals surface area contributed by atoms with Gasteiger partial charge in [0.25, 0.3) is 0 Å². The van der Waals surface area contributed by atoms with Gasteiger partial charge in [-0.05, 0) is 63.7 Å². The maximum atomic E-state index is 14.0. The lowest BCUT2D eigenvalue weighted by molar-refractivity contribution is -0.142. The van der Waals surface area contributed by atoms with Gasteiger partial charge in [0.2, 0.25) is 11.8 Å². The van der Waals surface area contributed by atoms with E-state index in [2.05, 4.69) is 23.5 Å². The fourth-order valence-corrected chi connectivity index (χ4v) is 4.22. The maximum Gasteiger partial charge on any atom is 0.408 e. The van der Waals surface area contributed by atoms with Crippen molar-refractivity contribution in [3.05, 3.63) is 35.4 Å². The molecule has 8 heteroatoms. The van der Waals surface area contributed by atoms with Crippen LogP contribution in [0.1, 0.15) is 83.9 Å². The van der Waals surface area contributed by atoms with Crippen LogP contribution in [0.25, 0.3) is 0 Å². The average Bonchev–Trinajstić information content (AvgIpc) is 2.82. The number of unbranched alkanes of at least 4 members (excludes halogenated alkanes) is 2. The molecule has 1 rings (SSSR count). The van der Waals surface area contributed by atoms with Crippen LogP contribution in [-0.2, 0) is 14.3 Å². The molecule has 7 nitrogen and oxygen atoms in total. The van der Waals surface area contributed by atoms with Crippen LogP contribution >= 0.6 is 11.8 Å². The normalized spacial score (nSPS) is 12.7. The molecule has 0 bridgehead atoms. The summed E-state index contributed by atoms with van der Waals surface area (Å²) in [6.45, 7) is 10.2. The zero-order valence-corrected chi connectivity index (χ0v) is 23.5. The molecule has 0 radical (unpaired) electrons. The number of ether oxygens (including phenoxy) is 1. The zero-order valence-electron chi connectivity index (χ0n) is 22.7. The van der Waals surface area contributed by atoms with E-state index in [4.69, 9.17) is 11.2 Å². The molecule has 1 aromatic carbocycles. The molecule has 36 heavy (non-hydrogen) atoms. The van der Waals surface area contributed by atoms with Crippen LogP contribution in [0.3, 0.4) is 0 Å². The Morgan fingerprint density at radius 1 is 1.14 bits per heavy atom. The monoisotopic (exact) mass is 517 g/mol. The third-order valence-corrected chi connectivity index (χ3v) is 6.04. The van der Waals surface area contributed by atoms with Crippen LogP contribution in [0.4, 0.5) is 4.79 Å². The molecule has 0 heterocycles. The summed E-state index contributed by atoms with van der Waals surface area (Å²) in [5.74, 6) is 2.69. The Balaban J connectivity index is 3.41. The Labute approximate surface area is 221 Å². The fourth-order valence-electron chi connectivity index (χ4n) is 3.75. The Hall–Kier alpha value is -2.66. The number of nitrogens with one attached hydrogen (secondary N) is 2. The SMILES string of the molecule is C#Cc1ccccc1C(C(=O)NCCCCC)N(CCC)C(=O)C(CCSC)NC(=O)OC(C)(C)C. The Bertz CT molecular complexity index is 892. The van der Waals surface area contributed by atoms with E-state index in [0.29, 0.717) is 42.8 Å². The highest BCUT2D eigenvalue weighted by Crippen LogP contribution is 2.26. The minimum Gasteiger partial charge on any atom is -0.444 e. The molecule has 2 atom stereocenters. The molecule has 2 N–H and O–H groups in total. The second-order valence-corrected chi connectivity index (χ2v) is 10.6. The molecule has 0 aliphatic heterocycles. The Morgan fingerprint density at radius 2 is 1.83 bits per heavy atom. The molecule has 2 unspecified atom stereocenters. The molecule has 0 fully saturated rings. The van der Waals surface area contributed by atoms with E-state index in [1.807, 2.05) is 25.3 Å². The van der Waals surface area contributed by atoms with Crippen molar-refractivity contribution in [3.8, 4) is 12.3 Å². The molecule has 0 aliphatic rings. The molecular weight excluding hydrogens is 474 g/mol. The Morgan fingerprint density at radius 3 is 2.42 bits per heavy atom. The summed E-state index contributed by atoms with van der Waals surface area (Å²) in [5, 5.41) is 5.74. The van der Waals surface area contributed by atoms with Crippen molar-refractivity contribution in [3.63, 3.8) is 0 Å². The number of hydrogen-bond acceptors (Lipinski definition) is 5. The number of amides is 3. The van der Waals surface area contributed by atoms with Gasteiger partial charge in [-0.2, -0.15) is 11.8 Å². The summed E-state index contributed by atoms with van der Waals surface area (Å²) in [4.78, 5) is 41.6. The average molecular weight is 518 g/mol. The zero-order chi connectivity index (χ0) is 27.1. The van der Waals surface area contributed by atoms with Gasteiger partial charge in [0.15, 0.2) is 0 Å². The minimum atomic E-state index is -0.913. The molecule has 1 aromatic rings. The van der Waals surface area contributed by atoms with Crippen LogP contribution < -0.4 is 10.6 Å². The van der Waals surface area contributed by atoms with Crippen LogP contribution in [-0.4, -0.2) is 59.5 Å². The highest BCUT2D eigenvalue weighted by molar-refractivity contribution is 7.98. The summed E-state index contributed by atoms with van der Waals surface area (Å²) in [6, 6.07) is 5.43. The first kappa shape index (κ1) is 31.4. The lowest BCUT2D eigenvalue weighted by Gasteiger charge is -2.34. The number of terminal acetylenes is 1. The van der Waals surface area contributed by atoms with Gasteiger partial charge in [-0.15, -0.1) is 6.42 Å². The topological polar surface area (TPSA) is 87.7 Å². The predicted molar refractivity (Wildman–Crippen MR) is 148 cm³/mol. The van der Waals surface area contributed by atoms with Crippen molar-refractivity contribution in [2.45, 2.75) is 84.4 Å². The van der Waals surface area contributed by atoms with Gasteiger partial charge in [-0.1, -0.05) is 50.8 Å². The molecule has 0 saturated heterocycles. The molecular formula is C28H43N3O4S. The number of thioether (sulfide) groups is 1. The number of benzene rings is 1. The van der Waals surface area contributed by atoms with Gasteiger partial charge in [-0.3, -0.25) is 9.59 Å². The third-order valence-electron chi connectivity index (χ3n) is 5.40. The van der Waals surface area contributed by atoms with Crippen molar-refractivity contribution < 1.29 is 19.1 Å². The fraction of sp³-hybridized carbons (Fsp3) is 0.607. The number of carbonyl (C=O) groups is 3. The summed E-state index contributed by atoms with van der Waals surface area (Å²) in [5.41, 5.74) is 0.448. The molecule has 200 valence electrons. The summed E-state index contributed by atoms with van der Waals surface area (Å²) in [6.07, 6.45) is 11.0. The van der Waals surface area contributed by atoms with Crippen LogP contribution in [0, 0.1) is 12.3 Å². The number of alkyl carbamates (subject to hydrolysis) is 1. The number of rotatable bonds is 14. The van der Waals surface area contributed by atoms with Gasteiger partial charge in [-0.25, -0.2) is 4.79 Å². The quantitative estimate of drug-likeness (QED) is 0.271. The van der Waals surface area contributed by atoms with E-state index < -0.39 is 23.8 Å². The molecule has 0 aromatic heterocycles. The van der Waals surface area contributed by atoms with Gasteiger partial charge in [0, 0.05) is 18.7 Å². The summed E-state index contributed by atoms with van der Waals surface area (Å²) >= 11 is 1.58. The van der Waals surface area contributed by atoms with Crippen molar-refractivity contribution in [2.75, 3.05) is 25.1 Å². The molecule has 0 aliphatic carbocycles. The first-order valence-corrected chi connectivity index (χ1v) is 14.1. The largest absolute Gasteiger partial charge is 0.444 e. The van der Waals surface area contributed by atoms with Crippen molar-refractivity contribution in [1.29, 1.82) is 0 Å². The Kier molecular flexibility index (Phi) is 14.1. The standard InChI is InChI=1S/C28H43N3O4S/c1-8-11-14-18-29-25(32)24(22-16-13-12-15-21(22)10-3)31(19-9-2)26(33)23(17-20-36-7)30-27(34)35-28(4,5)6/h3,12-13,15-16,23-24H,8-9,11,14,17-20H2,1-2,4-7H3,(H,29,32)(H,30,34). The van der Waals surface area contributed by atoms with Crippen LogP contribution in [0.15, 0.2) is 24.3 Å². The number of hydrogen-bond donors (Lipinski definition) is 2. The maximum absolute atomic E-state index is 14.0. The molecule has 0 saturated carbocycles. The van der Waals surface area contributed by atoms with E-state index in [1.165, 1.54) is 0 Å². The van der Waals surface area contributed by atoms with Crippen LogP contribution in [0.2, 0.25) is 0 Å². The van der Waals surface area contributed by atoms with Gasteiger partial charge in [0.1, 0.15) is 17.7 Å². The number of carbonyl (C=O) groups excluding carboxylic acids is 3. The van der Waals surface area contributed by atoms with E-state index in [-0.39, 0.29) is 11.8 Å². The predicted octanol–water partition coefficient (Wildman–Crippen LogP) is 4.90. The van der Waals surface area contributed by atoms with E-state index >= 15 is 0 Å². The van der Waals surface area contributed by atoms with E-state index in [9.17, 15) is 14.4 Å². The van der Waals surface area contributed by atoms with Crippen molar-refractivity contribution >= 4 is 29.7 Å². The smallest absolute Gasteiger partial charge is 0.408 e. The van der Waals surface area contributed by atoms with Crippen LogP contribution in [0.5, 0.6) is 0 Å². The third kappa shape index (κ3) is 10.5. The molecule has 3 amide bonds. The highest BCUT2D eigenvalue weighted by atomic mass is 32.2.